The maximum atomic E-state index is 9.82. The first-order chi connectivity index (χ1) is 11.3. The van der Waals surface area contributed by atoms with E-state index in [4.69, 9.17) is 33.1 Å². The third kappa shape index (κ3) is 9.87. The zero-order valence-electron chi connectivity index (χ0n) is 13.8. The van der Waals surface area contributed by atoms with Gasteiger partial charge >= 0.3 is 5.97 Å². The van der Waals surface area contributed by atoms with Crippen molar-refractivity contribution < 1.29 is 19.4 Å². The molecule has 0 bridgehead atoms. The molecule has 0 heterocycles. The normalized spacial score (nSPS) is 8.88. The molecule has 0 saturated heterocycles. The Morgan fingerprint density at radius 3 is 1.96 bits per heavy atom. The van der Waals surface area contributed by atoms with Gasteiger partial charge in [0.15, 0.2) is 0 Å². The maximum Gasteiger partial charge on any atom is 0.302 e. The van der Waals surface area contributed by atoms with Crippen molar-refractivity contribution in [2.75, 3.05) is 6.61 Å². The summed E-state index contributed by atoms with van der Waals surface area (Å²) < 4.78 is 4.40. The second kappa shape index (κ2) is 12.4. The van der Waals surface area contributed by atoms with E-state index in [0.717, 1.165) is 18.1 Å². The molecule has 2 aromatic carbocycles. The van der Waals surface area contributed by atoms with Crippen molar-refractivity contribution in [2.45, 2.75) is 20.8 Å². The van der Waals surface area contributed by atoms with Crippen LogP contribution < -0.4 is 0 Å². The molecule has 1 N–H and O–H groups in total. The Morgan fingerprint density at radius 1 is 1.00 bits per heavy atom. The summed E-state index contributed by atoms with van der Waals surface area (Å²) in [5, 5.41) is 8.62. The molecule has 0 saturated carbocycles. The van der Waals surface area contributed by atoms with E-state index in [0.29, 0.717) is 16.7 Å². The number of hydrogen-bond acceptors (Lipinski definition) is 3. The molecule has 0 aliphatic rings. The zero-order valence-corrected chi connectivity index (χ0v) is 15.3. The number of rotatable bonds is 2. The molecular formula is C18H20Cl2O4. The van der Waals surface area contributed by atoms with Crippen LogP contribution in [0.15, 0.2) is 48.5 Å². The van der Waals surface area contributed by atoms with Crippen LogP contribution in [0.1, 0.15) is 20.8 Å². The van der Waals surface area contributed by atoms with Gasteiger partial charge in [0.2, 0.25) is 0 Å². The van der Waals surface area contributed by atoms with E-state index in [2.05, 4.69) is 4.74 Å². The minimum absolute atomic E-state index is 0.211. The van der Waals surface area contributed by atoms with Gasteiger partial charge in [-0.15, -0.1) is 0 Å². The third-order valence-electron chi connectivity index (χ3n) is 2.38. The van der Waals surface area contributed by atoms with Crippen LogP contribution in [0.3, 0.4) is 0 Å². The molecule has 0 aliphatic heterocycles. The van der Waals surface area contributed by atoms with Crippen LogP contribution >= 0.6 is 23.2 Å². The highest BCUT2D eigenvalue weighted by atomic mass is 35.5. The van der Waals surface area contributed by atoms with Crippen molar-refractivity contribution in [2.24, 2.45) is 0 Å². The fourth-order valence-electron chi connectivity index (χ4n) is 1.55. The highest BCUT2D eigenvalue weighted by molar-refractivity contribution is 6.43. The molecular weight excluding hydrogens is 351 g/mol. The molecule has 0 aromatic heterocycles. The Labute approximate surface area is 152 Å². The number of hydrogen-bond donors (Lipinski definition) is 1. The number of ether oxygens (including phenoxy) is 1. The maximum absolute atomic E-state index is 9.82. The lowest BCUT2D eigenvalue weighted by Crippen LogP contribution is -1.95. The standard InChI is InChI=1S/C12H8Cl2.C4H8O2.C2H4O2/c13-11-8-4-7-10(12(11)14)9-5-2-1-3-6-9;1-3-6-4(2)5;1-2(3)4/h1-8H;3H2,1-2H3;1H3,(H,3,4). The van der Waals surface area contributed by atoms with Gasteiger partial charge in [-0.05, 0) is 18.6 Å². The van der Waals surface area contributed by atoms with E-state index < -0.39 is 5.97 Å². The first-order valence-corrected chi connectivity index (χ1v) is 7.87. The molecule has 4 nitrogen and oxygen atoms in total. The highest BCUT2D eigenvalue weighted by Crippen LogP contribution is 2.32. The predicted octanol–water partition coefficient (Wildman–Crippen LogP) is 5.32. The van der Waals surface area contributed by atoms with Gasteiger partial charge in [0.05, 0.1) is 16.7 Å². The van der Waals surface area contributed by atoms with Crippen molar-refractivity contribution in [1.82, 2.24) is 0 Å². The quantitative estimate of drug-likeness (QED) is 0.726. The second-order valence-corrected chi connectivity index (χ2v) is 5.20. The SMILES string of the molecule is CC(=O)O.CCOC(C)=O.Clc1cccc(-c2ccccc2)c1Cl. The van der Waals surface area contributed by atoms with Crippen molar-refractivity contribution in [3.05, 3.63) is 58.6 Å². The molecule has 0 spiro atoms. The fourth-order valence-corrected chi connectivity index (χ4v) is 1.96. The average molecular weight is 371 g/mol. The van der Waals surface area contributed by atoms with Gasteiger partial charge in [0.25, 0.3) is 5.97 Å². The molecule has 0 amide bonds. The molecule has 0 radical (unpaired) electrons. The van der Waals surface area contributed by atoms with Gasteiger partial charge in [0.1, 0.15) is 0 Å². The van der Waals surface area contributed by atoms with E-state index >= 15 is 0 Å². The summed E-state index contributed by atoms with van der Waals surface area (Å²) in [7, 11) is 0. The highest BCUT2D eigenvalue weighted by Gasteiger charge is 2.05. The van der Waals surface area contributed by atoms with E-state index in [1.807, 2.05) is 42.5 Å². The van der Waals surface area contributed by atoms with Crippen LogP contribution in [-0.2, 0) is 14.3 Å². The number of aliphatic carboxylic acids is 1. The van der Waals surface area contributed by atoms with Gasteiger partial charge in [-0.1, -0.05) is 65.7 Å². The second-order valence-electron chi connectivity index (χ2n) is 4.41. The molecule has 2 aromatic rings. The predicted molar refractivity (Wildman–Crippen MR) is 97.5 cm³/mol. The lowest BCUT2D eigenvalue weighted by molar-refractivity contribution is -0.140. The Hall–Kier alpha value is -2.04. The summed E-state index contributed by atoms with van der Waals surface area (Å²) in [5.74, 6) is -1.04. The van der Waals surface area contributed by atoms with Crippen molar-refractivity contribution in [3.8, 4) is 11.1 Å². The van der Waals surface area contributed by atoms with E-state index in [1.165, 1.54) is 6.92 Å². The third-order valence-corrected chi connectivity index (χ3v) is 3.20. The molecule has 0 fully saturated rings. The number of halogens is 2. The van der Waals surface area contributed by atoms with Crippen LogP contribution in [0.2, 0.25) is 10.0 Å². The minimum atomic E-state index is -0.833. The summed E-state index contributed by atoms with van der Waals surface area (Å²) in [6.45, 7) is 4.74. The summed E-state index contributed by atoms with van der Waals surface area (Å²) in [4.78, 5) is 18.8. The van der Waals surface area contributed by atoms with E-state index in [9.17, 15) is 4.79 Å². The fraction of sp³-hybridized carbons (Fsp3) is 0.222. The Kier molecular flexibility index (Phi) is 11.3. The van der Waals surface area contributed by atoms with Crippen LogP contribution in [0.25, 0.3) is 11.1 Å². The number of carboxylic acid groups (broad SMARTS) is 1. The van der Waals surface area contributed by atoms with Gasteiger partial charge in [-0.25, -0.2) is 0 Å². The van der Waals surface area contributed by atoms with Crippen LogP contribution in [-0.4, -0.2) is 23.7 Å². The molecule has 130 valence electrons. The number of esters is 1. The van der Waals surface area contributed by atoms with Crippen LogP contribution in [0.4, 0.5) is 0 Å². The average Bonchev–Trinajstić information content (AvgIpc) is 2.51. The van der Waals surface area contributed by atoms with Gasteiger partial charge < -0.3 is 9.84 Å². The topological polar surface area (TPSA) is 63.6 Å². The molecule has 2 rings (SSSR count). The lowest BCUT2D eigenvalue weighted by atomic mass is 10.1. The van der Waals surface area contributed by atoms with Gasteiger partial charge in [-0.3, -0.25) is 9.59 Å². The first kappa shape index (κ1) is 22.0. The number of carbonyl (C=O) groups is 2. The van der Waals surface area contributed by atoms with Crippen molar-refractivity contribution in [3.63, 3.8) is 0 Å². The molecule has 0 unspecified atom stereocenters. The van der Waals surface area contributed by atoms with E-state index in [-0.39, 0.29) is 5.97 Å². The summed E-state index contributed by atoms with van der Waals surface area (Å²) >= 11 is 12.0. The lowest BCUT2D eigenvalue weighted by Gasteiger charge is -2.04. The van der Waals surface area contributed by atoms with Gasteiger partial charge in [-0.2, -0.15) is 0 Å². The van der Waals surface area contributed by atoms with Gasteiger partial charge in [0, 0.05) is 19.4 Å². The Bertz CT molecular complexity index is 639. The van der Waals surface area contributed by atoms with Crippen molar-refractivity contribution in [1.29, 1.82) is 0 Å². The molecule has 24 heavy (non-hydrogen) atoms. The van der Waals surface area contributed by atoms with Crippen LogP contribution in [0, 0.1) is 0 Å². The zero-order chi connectivity index (χ0) is 18.5. The number of carboxylic acids is 1. The summed E-state index contributed by atoms with van der Waals surface area (Å²) in [6, 6.07) is 15.6. The smallest absolute Gasteiger partial charge is 0.302 e. The van der Waals surface area contributed by atoms with E-state index in [1.54, 1.807) is 13.0 Å². The molecule has 0 atom stereocenters. The molecule has 0 aliphatic carbocycles. The Balaban J connectivity index is 0.000000443. The Morgan fingerprint density at radius 2 is 1.54 bits per heavy atom. The summed E-state index contributed by atoms with van der Waals surface area (Å²) in [6.07, 6.45) is 0. The minimum Gasteiger partial charge on any atom is -0.481 e. The van der Waals surface area contributed by atoms with Crippen LogP contribution in [0.5, 0.6) is 0 Å². The monoisotopic (exact) mass is 370 g/mol. The largest absolute Gasteiger partial charge is 0.481 e. The number of benzene rings is 2. The number of carbonyl (C=O) groups excluding carboxylic acids is 1. The molecule has 6 heteroatoms. The summed E-state index contributed by atoms with van der Waals surface area (Å²) in [5.41, 5.74) is 2.06. The first-order valence-electron chi connectivity index (χ1n) is 7.11. The van der Waals surface area contributed by atoms with Crippen molar-refractivity contribution >= 4 is 35.1 Å².